The summed E-state index contributed by atoms with van der Waals surface area (Å²) < 4.78 is 0. The van der Waals surface area contributed by atoms with Gasteiger partial charge in [0.15, 0.2) is 0 Å². The van der Waals surface area contributed by atoms with Gasteiger partial charge in [0.1, 0.15) is 0 Å². The van der Waals surface area contributed by atoms with Gasteiger partial charge in [-0.2, -0.15) is 0 Å². The molecule has 1 atom stereocenters. The van der Waals surface area contributed by atoms with Crippen LogP contribution in [0.2, 0.25) is 0 Å². The van der Waals surface area contributed by atoms with Crippen LogP contribution in [0.25, 0.3) is 0 Å². The zero-order valence-corrected chi connectivity index (χ0v) is 8.33. The molecule has 0 aliphatic heterocycles. The zero-order chi connectivity index (χ0) is 10.2. The minimum absolute atomic E-state index is 0.00231. The Hall–Kier alpha value is -1.05. The summed E-state index contributed by atoms with van der Waals surface area (Å²) in [7, 11) is 0. The van der Waals surface area contributed by atoms with Crippen molar-refractivity contribution >= 4 is 5.97 Å². The summed E-state index contributed by atoms with van der Waals surface area (Å²) in [6.07, 6.45) is 9.33. The Morgan fingerprint density at radius 3 is 2.71 bits per heavy atom. The van der Waals surface area contributed by atoms with Crippen molar-refractivity contribution in [2.24, 2.45) is 11.3 Å². The van der Waals surface area contributed by atoms with Crippen LogP contribution < -0.4 is 0 Å². The minimum Gasteiger partial charge on any atom is -0.481 e. The predicted octanol–water partition coefficient (Wildman–Crippen LogP) is 2.76. The third-order valence-electron chi connectivity index (χ3n) is 3.69. The molecule has 76 valence electrons. The zero-order valence-electron chi connectivity index (χ0n) is 8.33. The second-order valence-electron chi connectivity index (χ2n) is 4.52. The van der Waals surface area contributed by atoms with E-state index in [9.17, 15) is 9.90 Å². The lowest BCUT2D eigenvalue weighted by molar-refractivity contribution is -0.144. The summed E-state index contributed by atoms with van der Waals surface area (Å²) in [4.78, 5) is 11.2. The maximum absolute atomic E-state index is 11.2. The molecule has 2 aliphatic carbocycles. The van der Waals surface area contributed by atoms with Crippen molar-refractivity contribution in [1.29, 1.82) is 0 Å². The van der Waals surface area contributed by atoms with Crippen LogP contribution in [0.1, 0.15) is 32.1 Å². The van der Waals surface area contributed by atoms with Gasteiger partial charge in [0.25, 0.3) is 0 Å². The lowest BCUT2D eigenvalue weighted by Gasteiger charge is -2.37. The van der Waals surface area contributed by atoms with Crippen LogP contribution in [-0.4, -0.2) is 11.1 Å². The van der Waals surface area contributed by atoms with Gasteiger partial charge in [-0.25, -0.2) is 0 Å². The monoisotopic (exact) mass is 192 g/mol. The van der Waals surface area contributed by atoms with Gasteiger partial charge in [0.2, 0.25) is 0 Å². The Bertz CT molecular complexity index is 295. The first-order valence-electron chi connectivity index (χ1n) is 5.24. The molecule has 2 heteroatoms. The van der Waals surface area contributed by atoms with Crippen molar-refractivity contribution in [1.82, 2.24) is 0 Å². The lowest BCUT2D eigenvalue weighted by atomic mass is 9.66. The highest BCUT2D eigenvalue weighted by Gasteiger charge is 2.46. The van der Waals surface area contributed by atoms with Crippen LogP contribution in [0.15, 0.2) is 24.3 Å². The van der Waals surface area contributed by atoms with Gasteiger partial charge in [-0.1, -0.05) is 31.6 Å². The van der Waals surface area contributed by atoms with Crippen molar-refractivity contribution in [2.45, 2.75) is 32.1 Å². The van der Waals surface area contributed by atoms with Crippen LogP contribution in [0, 0.1) is 11.3 Å². The Morgan fingerprint density at radius 2 is 2.14 bits per heavy atom. The molecule has 2 rings (SSSR count). The Morgan fingerprint density at radius 1 is 1.50 bits per heavy atom. The molecular formula is C12H16O2. The molecule has 0 aromatic heterocycles. The molecule has 0 heterocycles. The maximum atomic E-state index is 11.2. The fraction of sp³-hybridized carbons (Fsp3) is 0.583. The summed E-state index contributed by atoms with van der Waals surface area (Å²) in [5.74, 6) is -1.03. The Kier molecular flexibility index (Phi) is 2.22. The smallest absolute Gasteiger partial charge is 0.311 e. The quantitative estimate of drug-likeness (QED) is 0.693. The maximum Gasteiger partial charge on any atom is 0.311 e. The molecule has 1 unspecified atom stereocenters. The first-order valence-corrected chi connectivity index (χ1v) is 5.24. The van der Waals surface area contributed by atoms with Gasteiger partial charge < -0.3 is 5.11 Å². The summed E-state index contributed by atoms with van der Waals surface area (Å²) in [5.41, 5.74) is 0.781. The van der Waals surface area contributed by atoms with Gasteiger partial charge in [-0.05, 0) is 30.3 Å². The van der Waals surface area contributed by atoms with Crippen LogP contribution >= 0.6 is 0 Å². The molecule has 0 aromatic rings. The number of aliphatic carboxylic acids is 1. The van der Waals surface area contributed by atoms with Crippen molar-refractivity contribution < 1.29 is 9.90 Å². The molecule has 1 N–H and O–H groups in total. The highest BCUT2D eigenvalue weighted by atomic mass is 16.4. The SMILES string of the molecule is C=C1C=CCC2(CCCC2)C1C(=O)O. The fourth-order valence-electron chi connectivity index (χ4n) is 3.04. The summed E-state index contributed by atoms with van der Waals surface area (Å²) in [5, 5.41) is 9.24. The standard InChI is InChI=1S/C12H16O2/c1-9-5-4-8-12(6-2-3-7-12)10(9)11(13)14/h4-5,10H,1-3,6-8H2,(H,13,14). The van der Waals surface area contributed by atoms with E-state index in [0.717, 1.165) is 24.8 Å². The molecule has 0 amide bonds. The Labute approximate surface area is 84.3 Å². The van der Waals surface area contributed by atoms with E-state index in [0.29, 0.717) is 0 Å². The van der Waals surface area contributed by atoms with E-state index < -0.39 is 5.97 Å². The number of carboxylic acids is 1. The molecule has 0 bridgehead atoms. The predicted molar refractivity (Wildman–Crippen MR) is 54.9 cm³/mol. The first kappa shape index (κ1) is 9.50. The third-order valence-corrected chi connectivity index (χ3v) is 3.69. The van der Waals surface area contributed by atoms with E-state index in [-0.39, 0.29) is 11.3 Å². The van der Waals surface area contributed by atoms with Crippen molar-refractivity contribution in [2.75, 3.05) is 0 Å². The fourth-order valence-corrected chi connectivity index (χ4v) is 3.04. The molecule has 1 saturated carbocycles. The number of hydrogen-bond donors (Lipinski definition) is 1. The average Bonchev–Trinajstić information content (AvgIpc) is 2.53. The number of rotatable bonds is 1. The van der Waals surface area contributed by atoms with Gasteiger partial charge in [0.05, 0.1) is 5.92 Å². The molecule has 14 heavy (non-hydrogen) atoms. The number of carboxylic acid groups (broad SMARTS) is 1. The van der Waals surface area contributed by atoms with Crippen molar-refractivity contribution in [3.8, 4) is 0 Å². The number of hydrogen-bond acceptors (Lipinski definition) is 1. The van der Waals surface area contributed by atoms with Gasteiger partial charge in [-0.3, -0.25) is 4.79 Å². The van der Waals surface area contributed by atoms with Crippen LogP contribution in [0.3, 0.4) is 0 Å². The Balaban J connectivity index is 2.35. The first-order chi connectivity index (χ1) is 6.66. The van der Waals surface area contributed by atoms with Crippen LogP contribution in [0.4, 0.5) is 0 Å². The number of carbonyl (C=O) groups is 1. The average molecular weight is 192 g/mol. The molecule has 0 saturated heterocycles. The molecule has 2 nitrogen and oxygen atoms in total. The molecule has 2 aliphatic rings. The molecular weight excluding hydrogens is 176 g/mol. The second kappa shape index (κ2) is 3.26. The lowest BCUT2D eigenvalue weighted by Crippen LogP contribution is -2.36. The number of allylic oxidation sites excluding steroid dienone is 2. The third kappa shape index (κ3) is 1.29. The van der Waals surface area contributed by atoms with Gasteiger partial charge in [-0.15, -0.1) is 0 Å². The molecule has 0 aromatic carbocycles. The molecule has 0 radical (unpaired) electrons. The van der Waals surface area contributed by atoms with Gasteiger partial charge >= 0.3 is 5.97 Å². The van der Waals surface area contributed by atoms with E-state index >= 15 is 0 Å². The van der Waals surface area contributed by atoms with Crippen LogP contribution in [0.5, 0.6) is 0 Å². The highest BCUT2D eigenvalue weighted by Crippen LogP contribution is 2.51. The van der Waals surface area contributed by atoms with Crippen molar-refractivity contribution in [3.05, 3.63) is 24.3 Å². The minimum atomic E-state index is -0.693. The van der Waals surface area contributed by atoms with E-state index in [2.05, 4.69) is 12.7 Å². The van der Waals surface area contributed by atoms with E-state index in [1.54, 1.807) is 0 Å². The molecule has 1 fully saturated rings. The van der Waals surface area contributed by atoms with E-state index in [1.165, 1.54) is 12.8 Å². The van der Waals surface area contributed by atoms with E-state index in [1.807, 2.05) is 6.08 Å². The topological polar surface area (TPSA) is 37.3 Å². The summed E-state index contributed by atoms with van der Waals surface area (Å²) >= 11 is 0. The van der Waals surface area contributed by atoms with Crippen molar-refractivity contribution in [3.63, 3.8) is 0 Å². The highest BCUT2D eigenvalue weighted by molar-refractivity contribution is 5.76. The van der Waals surface area contributed by atoms with Gasteiger partial charge in [0, 0.05) is 0 Å². The van der Waals surface area contributed by atoms with E-state index in [4.69, 9.17) is 0 Å². The van der Waals surface area contributed by atoms with Crippen LogP contribution in [-0.2, 0) is 4.79 Å². The normalized spacial score (nSPS) is 29.7. The molecule has 1 spiro atoms. The second-order valence-corrected chi connectivity index (χ2v) is 4.52. The summed E-state index contributed by atoms with van der Waals surface area (Å²) in [6.45, 7) is 3.87. The largest absolute Gasteiger partial charge is 0.481 e. The summed E-state index contributed by atoms with van der Waals surface area (Å²) in [6, 6.07) is 0.